The van der Waals surface area contributed by atoms with Gasteiger partial charge in [-0.15, -0.1) is 0 Å². The zero-order chi connectivity index (χ0) is 12.8. The summed E-state index contributed by atoms with van der Waals surface area (Å²) in [6.07, 6.45) is 2.06. The van der Waals surface area contributed by atoms with Crippen LogP contribution in [0.3, 0.4) is 0 Å². The van der Waals surface area contributed by atoms with Crippen LogP contribution in [-0.4, -0.2) is 31.5 Å². The van der Waals surface area contributed by atoms with Crippen molar-refractivity contribution in [3.63, 3.8) is 0 Å². The average molecular weight is 236 g/mol. The van der Waals surface area contributed by atoms with E-state index in [0.717, 1.165) is 19.4 Å². The predicted octanol–water partition coefficient (Wildman–Crippen LogP) is 2.15. The molecule has 0 bridgehead atoms. The molecule has 0 fully saturated rings. The molecule has 2 N–H and O–H groups in total. The number of nitrogens with two attached hydrogens (primary N) is 1. The largest absolute Gasteiger partial charge is 0.497 e. The molecule has 4 heteroatoms. The van der Waals surface area contributed by atoms with E-state index in [1.54, 1.807) is 37.3 Å². The molecule has 1 aromatic rings. The smallest absolute Gasteiger partial charge is 0.255 e. The maximum atomic E-state index is 12.1. The van der Waals surface area contributed by atoms with Crippen molar-refractivity contribution < 1.29 is 9.53 Å². The minimum Gasteiger partial charge on any atom is -0.497 e. The van der Waals surface area contributed by atoms with Crippen molar-refractivity contribution in [2.24, 2.45) is 0 Å². The van der Waals surface area contributed by atoms with Crippen LogP contribution < -0.4 is 10.5 Å². The zero-order valence-electron chi connectivity index (χ0n) is 10.7. The Morgan fingerprint density at radius 1 is 1.47 bits per heavy atom. The summed E-state index contributed by atoms with van der Waals surface area (Å²) in [4.78, 5) is 13.8. The number of rotatable bonds is 5. The molecule has 0 saturated carbocycles. The molecule has 0 unspecified atom stereocenters. The van der Waals surface area contributed by atoms with Gasteiger partial charge in [-0.1, -0.05) is 13.3 Å². The minimum absolute atomic E-state index is 0.0430. The second-order valence-electron chi connectivity index (χ2n) is 4.03. The fraction of sp³-hybridized carbons (Fsp3) is 0.462. The fourth-order valence-corrected chi connectivity index (χ4v) is 1.57. The molecule has 0 aliphatic heterocycles. The Hall–Kier alpha value is -1.71. The van der Waals surface area contributed by atoms with Crippen LogP contribution in [0, 0.1) is 0 Å². The van der Waals surface area contributed by atoms with Crippen LogP contribution in [0.1, 0.15) is 30.1 Å². The summed E-state index contributed by atoms with van der Waals surface area (Å²) >= 11 is 0. The third-order valence-corrected chi connectivity index (χ3v) is 2.68. The molecule has 0 atom stereocenters. The number of ether oxygens (including phenoxy) is 1. The number of carbonyl (C=O) groups is 1. The molecule has 0 radical (unpaired) electrons. The molecule has 4 nitrogen and oxygen atoms in total. The number of amides is 1. The summed E-state index contributed by atoms with van der Waals surface area (Å²) < 4.78 is 5.05. The number of nitrogens with zero attached hydrogens (tertiary/aromatic N) is 1. The van der Waals surface area contributed by atoms with Gasteiger partial charge in [0, 0.05) is 25.3 Å². The fourth-order valence-electron chi connectivity index (χ4n) is 1.57. The quantitative estimate of drug-likeness (QED) is 0.797. The lowest BCUT2D eigenvalue weighted by molar-refractivity contribution is 0.0794. The van der Waals surface area contributed by atoms with E-state index in [9.17, 15) is 4.79 Å². The highest BCUT2D eigenvalue weighted by atomic mass is 16.5. The van der Waals surface area contributed by atoms with Crippen molar-refractivity contribution >= 4 is 11.6 Å². The predicted molar refractivity (Wildman–Crippen MR) is 69.3 cm³/mol. The van der Waals surface area contributed by atoms with Gasteiger partial charge < -0.3 is 15.4 Å². The molecule has 0 saturated heterocycles. The Balaban J connectivity index is 2.81. The summed E-state index contributed by atoms with van der Waals surface area (Å²) in [5.74, 6) is 0.619. The molecule has 17 heavy (non-hydrogen) atoms. The maximum Gasteiger partial charge on any atom is 0.255 e. The van der Waals surface area contributed by atoms with Gasteiger partial charge in [0.1, 0.15) is 5.75 Å². The third kappa shape index (κ3) is 3.37. The number of anilines is 1. The molecule has 0 aliphatic carbocycles. The molecular formula is C13H20N2O2. The van der Waals surface area contributed by atoms with E-state index >= 15 is 0 Å². The van der Waals surface area contributed by atoms with Crippen molar-refractivity contribution in [3.05, 3.63) is 23.8 Å². The SMILES string of the molecule is CCCCN(C)C(=O)c1ccc(OC)cc1N. The zero-order valence-corrected chi connectivity index (χ0v) is 10.7. The molecule has 0 heterocycles. The highest BCUT2D eigenvalue weighted by Gasteiger charge is 2.14. The van der Waals surface area contributed by atoms with Crippen molar-refractivity contribution in [2.75, 3.05) is 26.4 Å². The van der Waals surface area contributed by atoms with Crippen molar-refractivity contribution in [2.45, 2.75) is 19.8 Å². The van der Waals surface area contributed by atoms with E-state index < -0.39 is 0 Å². The molecule has 1 aromatic carbocycles. The molecule has 1 amide bonds. The monoisotopic (exact) mass is 236 g/mol. The van der Waals surface area contributed by atoms with Gasteiger partial charge in [-0.3, -0.25) is 4.79 Å². The van der Waals surface area contributed by atoms with Gasteiger partial charge in [-0.05, 0) is 18.6 Å². The first-order valence-corrected chi connectivity index (χ1v) is 5.79. The van der Waals surface area contributed by atoms with Gasteiger partial charge >= 0.3 is 0 Å². The van der Waals surface area contributed by atoms with Gasteiger partial charge in [-0.25, -0.2) is 0 Å². The Morgan fingerprint density at radius 2 is 2.18 bits per heavy atom. The molecule has 0 aliphatic rings. The second-order valence-corrected chi connectivity index (χ2v) is 4.03. The van der Waals surface area contributed by atoms with Crippen LogP contribution in [0.4, 0.5) is 5.69 Å². The third-order valence-electron chi connectivity index (χ3n) is 2.68. The van der Waals surface area contributed by atoms with Gasteiger partial charge in [0.25, 0.3) is 5.91 Å². The first-order valence-electron chi connectivity index (χ1n) is 5.79. The summed E-state index contributed by atoms with van der Waals surface area (Å²) in [7, 11) is 3.37. The first kappa shape index (κ1) is 13.4. The van der Waals surface area contributed by atoms with Crippen LogP contribution in [0.5, 0.6) is 5.75 Å². The van der Waals surface area contributed by atoms with Crippen LogP contribution in [-0.2, 0) is 0 Å². The average Bonchev–Trinajstić information content (AvgIpc) is 2.34. The Labute approximate surface area is 102 Å². The van der Waals surface area contributed by atoms with E-state index in [2.05, 4.69) is 6.92 Å². The van der Waals surface area contributed by atoms with E-state index in [4.69, 9.17) is 10.5 Å². The van der Waals surface area contributed by atoms with Crippen molar-refractivity contribution in [1.29, 1.82) is 0 Å². The lowest BCUT2D eigenvalue weighted by Gasteiger charge is -2.18. The second kappa shape index (κ2) is 6.13. The van der Waals surface area contributed by atoms with Gasteiger partial charge in [0.15, 0.2) is 0 Å². The van der Waals surface area contributed by atoms with E-state index in [1.165, 1.54) is 0 Å². The van der Waals surface area contributed by atoms with Crippen LogP contribution in [0.15, 0.2) is 18.2 Å². The summed E-state index contributed by atoms with van der Waals surface area (Å²) in [5.41, 5.74) is 6.82. The van der Waals surface area contributed by atoms with Crippen LogP contribution >= 0.6 is 0 Å². The maximum absolute atomic E-state index is 12.1. The molecule has 1 rings (SSSR count). The standard InChI is InChI=1S/C13H20N2O2/c1-4-5-8-15(2)13(16)11-7-6-10(17-3)9-12(11)14/h6-7,9H,4-5,8,14H2,1-3H3. The normalized spacial score (nSPS) is 10.1. The van der Waals surface area contributed by atoms with Gasteiger partial charge in [-0.2, -0.15) is 0 Å². The number of benzene rings is 1. The van der Waals surface area contributed by atoms with Crippen LogP contribution in [0.2, 0.25) is 0 Å². The van der Waals surface area contributed by atoms with Crippen molar-refractivity contribution in [3.8, 4) is 5.75 Å². The molecule has 0 spiro atoms. The van der Waals surface area contributed by atoms with Crippen molar-refractivity contribution in [1.82, 2.24) is 4.90 Å². The number of nitrogen functional groups attached to an aromatic ring is 1. The number of carbonyl (C=O) groups excluding carboxylic acids is 1. The summed E-state index contributed by atoms with van der Waals surface area (Å²) in [6.45, 7) is 2.85. The first-order chi connectivity index (χ1) is 8.10. The Morgan fingerprint density at radius 3 is 2.71 bits per heavy atom. The lowest BCUT2D eigenvalue weighted by atomic mass is 10.1. The van der Waals surface area contributed by atoms with E-state index in [1.807, 2.05) is 0 Å². The summed E-state index contributed by atoms with van der Waals surface area (Å²) in [5, 5.41) is 0. The van der Waals surface area contributed by atoms with E-state index in [0.29, 0.717) is 17.0 Å². The molecule has 94 valence electrons. The number of methoxy groups -OCH3 is 1. The number of hydrogen-bond donors (Lipinski definition) is 1. The molecular weight excluding hydrogens is 216 g/mol. The van der Waals surface area contributed by atoms with Gasteiger partial charge in [0.2, 0.25) is 0 Å². The summed E-state index contributed by atoms with van der Waals surface area (Å²) in [6, 6.07) is 5.12. The van der Waals surface area contributed by atoms with Crippen LogP contribution in [0.25, 0.3) is 0 Å². The Bertz CT molecular complexity index is 391. The topological polar surface area (TPSA) is 55.6 Å². The van der Waals surface area contributed by atoms with Gasteiger partial charge in [0.05, 0.1) is 12.7 Å². The lowest BCUT2D eigenvalue weighted by Crippen LogP contribution is -2.28. The Kier molecular flexibility index (Phi) is 4.82. The highest BCUT2D eigenvalue weighted by molar-refractivity contribution is 5.99. The van der Waals surface area contributed by atoms with E-state index in [-0.39, 0.29) is 5.91 Å². The molecule has 0 aromatic heterocycles. The minimum atomic E-state index is -0.0430. The number of unbranched alkanes of at least 4 members (excludes halogenated alkanes) is 1. The highest BCUT2D eigenvalue weighted by Crippen LogP contribution is 2.20. The number of hydrogen-bond acceptors (Lipinski definition) is 3.